The second-order valence-corrected chi connectivity index (χ2v) is 14.2. The predicted molar refractivity (Wildman–Crippen MR) is 208 cm³/mol. The second kappa shape index (κ2) is 12.2. The van der Waals surface area contributed by atoms with Gasteiger partial charge < -0.3 is 0 Å². The van der Waals surface area contributed by atoms with Gasteiger partial charge >= 0.3 is 0 Å². The molecule has 238 valence electrons. The summed E-state index contributed by atoms with van der Waals surface area (Å²) in [6.45, 7) is 9.27. The van der Waals surface area contributed by atoms with Gasteiger partial charge in [-0.05, 0) is 95.8 Å². The summed E-state index contributed by atoms with van der Waals surface area (Å²) in [5, 5.41) is 8.18. The molecule has 0 saturated heterocycles. The first-order valence-corrected chi connectivity index (χ1v) is 17.4. The molecule has 0 spiro atoms. The van der Waals surface area contributed by atoms with Crippen LogP contribution in [0.4, 0.5) is 0 Å². The Hall–Kier alpha value is -5.53. The highest BCUT2D eigenvalue weighted by Crippen LogP contribution is 2.50. The van der Waals surface area contributed by atoms with Gasteiger partial charge in [-0.2, -0.15) is 0 Å². The third-order valence-electron chi connectivity index (χ3n) is 10.6. The van der Waals surface area contributed by atoms with E-state index in [2.05, 4.69) is 143 Å². The Morgan fingerprint density at radius 2 is 1.22 bits per heavy atom. The van der Waals surface area contributed by atoms with Crippen LogP contribution in [-0.2, 0) is 5.41 Å². The van der Waals surface area contributed by atoms with Crippen molar-refractivity contribution >= 4 is 40.0 Å². The lowest BCUT2D eigenvalue weighted by Crippen LogP contribution is -2.33. The standard InChI is InChI=1S/C41H34.C7H6O/c1-25-16-19-27(20-17-25)38-29-11-5-6-12-30(29)39(34-21-18-26(2)24-35(34)38)33-23-22-32-28-10-7-8-14-36(28)41(3,4)37-15-9-13-31(33)40(32)37;8-6-7-4-2-1-3-5-7/h5-17,19-24,26H,18H2,1-4H3;1-6H. The van der Waals surface area contributed by atoms with Crippen LogP contribution in [0.3, 0.4) is 0 Å². The highest BCUT2D eigenvalue weighted by molar-refractivity contribution is 6.14. The number of hydrogen-bond acceptors (Lipinski definition) is 1. The minimum Gasteiger partial charge on any atom is -0.298 e. The van der Waals surface area contributed by atoms with Crippen LogP contribution in [0.25, 0.3) is 67.1 Å². The highest BCUT2D eigenvalue weighted by Gasteiger charge is 2.33. The third kappa shape index (κ3) is 5.13. The van der Waals surface area contributed by atoms with E-state index in [0.29, 0.717) is 5.92 Å². The summed E-state index contributed by atoms with van der Waals surface area (Å²) in [6.07, 6.45) is 6.92. The SMILES string of the molecule is Cc1ccc(-c2c3c(c(-c4ccc5c6c(cccc46)C(C)(C)c4ccccc4-5)c4ccccc24)=CCC(C)C=3)cc1.O=Cc1ccccc1. The molecule has 0 amide bonds. The summed E-state index contributed by atoms with van der Waals surface area (Å²) in [7, 11) is 0. The van der Waals surface area contributed by atoms with Gasteiger partial charge in [0.2, 0.25) is 0 Å². The minimum absolute atomic E-state index is 0.0617. The Morgan fingerprint density at radius 3 is 1.96 bits per heavy atom. The maximum atomic E-state index is 10.0. The number of benzene rings is 7. The van der Waals surface area contributed by atoms with E-state index in [9.17, 15) is 4.79 Å². The molecule has 49 heavy (non-hydrogen) atoms. The Balaban J connectivity index is 0.000000385. The van der Waals surface area contributed by atoms with E-state index in [4.69, 9.17) is 0 Å². The number of fused-ring (bicyclic) bond motifs is 4. The monoisotopic (exact) mass is 632 g/mol. The lowest BCUT2D eigenvalue weighted by Gasteiger charge is -2.35. The van der Waals surface area contributed by atoms with Gasteiger partial charge in [-0.15, -0.1) is 0 Å². The Morgan fingerprint density at radius 1 is 0.592 bits per heavy atom. The van der Waals surface area contributed by atoms with Crippen LogP contribution in [0.1, 0.15) is 54.2 Å². The Labute approximate surface area is 288 Å². The van der Waals surface area contributed by atoms with Crippen molar-refractivity contribution in [2.45, 2.75) is 39.5 Å². The Bertz CT molecular complexity index is 2520. The molecule has 0 bridgehead atoms. The zero-order valence-corrected chi connectivity index (χ0v) is 28.6. The van der Waals surface area contributed by atoms with Gasteiger partial charge in [0, 0.05) is 11.0 Å². The first-order chi connectivity index (χ1) is 23.9. The zero-order valence-electron chi connectivity index (χ0n) is 28.6. The number of rotatable bonds is 3. The molecule has 0 aliphatic heterocycles. The molecule has 7 aromatic rings. The fourth-order valence-electron chi connectivity index (χ4n) is 8.15. The van der Waals surface area contributed by atoms with E-state index in [1.54, 1.807) is 12.1 Å². The molecule has 2 aliphatic rings. The summed E-state index contributed by atoms with van der Waals surface area (Å²) in [5.74, 6) is 0.509. The average molecular weight is 633 g/mol. The first kappa shape index (κ1) is 30.8. The second-order valence-electron chi connectivity index (χ2n) is 14.2. The van der Waals surface area contributed by atoms with E-state index in [-0.39, 0.29) is 5.41 Å². The minimum atomic E-state index is -0.0617. The van der Waals surface area contributed by atoms with Crippen molar-refractivity contribution in [1.82, 2.24) is 0 Å². The molecule has 0 fully saturated rings. The maximum Gasteiger partial charge on any atom is 0.150 e. The fraction of sp³-hybridized carbons (Fsp3) is 0.146. The van der Waals surface area contributed by atoms with E-state index in [1.165, 1.54) is 82.1 Å². The maximum absolute atomic E-state index is 10.0. The topological polar surface area (TPSA) is 17.1 Å². The Kier molecular flexibility index (Phi) is 7.64. The van der Waals surface area contributed by atoms with Crippen LogP contribution < -0.4 is 10.4 Å². The number of aldehydes is 1. The van der Waals surface area contributed by atoms with Crippen molar-refractivity contribution in [3.63, 3.8) is 0 Å². The lowest BCUT2D eigenvalue weighted by molar-refractivity contribution is 0.112. The van der Waals surface area contributed by atoms with Crippen LogP contribution in [0, 0.1) is 12.8 Å². The van der Waals surface area contributed by atoms with Crippen molar-refractivity contribution in [2.24, 2.45) is 5.92 Å². The normalized spacial score (nSPS) is 15.2. The zero-order chi connectivity index (χ0) is 33.7. The van der Waals surface area contributed by atoms with E-state index in [0.717, 1.165) is 18.3 Å². The van der Waals surface area contributed by atoms with Gasteiger partial charge in [-0.1, -0.05) is 172 Å². The smallest absolute Gasteiger partial charge is 0.150 e. The quantitative estimate of drug-likeness (QED) is 0.177. The summed E-state index contributed by atoms with van der Waals surface area (Å²) in [6, 6.07) is 48.0. The number of carbonyl (C=O) groups is 1. The molecule has 0 saturated carbocycles. The molecule has 1 atom stereocenters. The van der Waals surface area contributed by atoms with E-state index < -0.39 is 0 Å². The third-order valence-corrected chi connectivity index (χ3v) is 10.6. The van der Waals surface area contributed by atoms with Crippen LogP contribution >= 0.6 is 0 Å². The number of aryl methyl sites for hydroxylation is 1. The molecule has 0 radical (unpaired) electrons. The summed E-state index contributed by atoms with van der Waals surface area (Å²) < 4.78 is 0. The highest BCUT2D eigenvalue weighted by atomic mass is 16.1. The van der Waals surface area contributed by atoms with Gasteiger partial charge in [0.05, 0.1) is 0 Å². The largest absolute Gasteiger partial charge is 0.298 e. The van der Waals surface area contributed by atoms with Gasteiger partial charge in [0.25, 0.3) is 0 Å². The van der Waals surface area contributed by atoms with Gasteiger partial charge in [-0.3, -0.25) is 4.79 Å². The molecule has 0 aromatic heterocycles. The van der Waals surface area contributed by atoms with Gasteiger partial charge in [0.15, 0.2) is 0 Å². The van der Waals surface area contributed by atoms with Crippen molar-refractivity contribution in [2.75, 3.05) is 0 Å². The number of carbonyl (C=O) groups excluding carboxylic acids is 1. The molecule has 1 heteroatoms. The molecular weight excluding hydrogens is 593 g/mol. The fourth-order valence-corrected chi connectivity index (χ4v) is 8.15. The molecule has 2 aliphatic carbocycles. The first-order valence-electron chi connectivity index (χ1n) is 17.4. The molecule has 0 N–H and O–H groups in total. The predicted octanol–water partition coefficient (Wildman–Crippen LogP) is 11.0. The summed E-state index contributed by atoms with van der Waals surface area (Å²) in [5.41, 5.74) is 12.9. The lowest BCUT2D eigenvalue weighted by atomic mass is 9.68. The van der Waals surface area contributed by atoms with Crippen molar-refractivity contribution in [3.05, 3.63) is 166 Å². The van der Waals surface area contributed by atoms with Crippen LogP contribution in [0.15, 0.2) is 133 Å². The van der Waals surface area contributed by atoms with Gasteiger partial charge in [0.1, 0.15) is 6.29 Å². The van der Waals surface area contributed by atoms with Gasteiger partial charge in [-0.25, -0.2) is 0 Å². The molecular formula is C48H40O. The van der Waals surface area contributed by atoms with Crippen LogP contribution in [-0.4, -0.2) is 6.29 Å². The van der Waals surface area contributed by atoms with E-state index in [1.807, 2.05) is 18.2 Å². The van der Waals surface area contributed by atoms with Crippen LogP contribution in [0.5, 0.6) is 0 Å². The van der Waals surface area contributed by atoms with Crippen molar-refractivity contribution in [1.29, 1.82) is 0 Å². The summed E-state index contributed by atoms with van der Waals surface area (Å²) >= 11 is 0. The summed E-state index contributed by atoms with van der Waals surface area (Å²) in [4.78, 5) is 10.0. The van der Waals surface area contributed by atoms with E-state index >= 15 is 0 Å². The van der Waals surface area contributed by atoms with Crippen molar-refractivity contribution in [3.8, 4) is 33.4 Å². The molecule has 7 aromatic carbocycles. The molecule has 1 nitrogen and oxygen atoms in total. The molecule has 0 heterocycles. The van der Waals surface area contributed by atoms with Crippen LogP contribution in [0.2, 0.25) is 0 Å². The average Bonchev–Trinajstić information content (AvgIpc) is 3.14. The molecule has 9 rings (SSSR count). The van der Waals surface area contributed by atoms with Crippen molar-refractivity contribution < 1.29 is 4.79 Å². The molecule has 1 unspecified atom stereocenters. The number of hydrogen-bond donors (Lipinski definition) is 0.